The summed E-state index contributed by atoms with van der Waals surface area (Å²) in [5.41, 5.74) is 3.09. The molecule has 0 aromatic heterocycles. The predicted molar refractivity (Wildman–Crippen MR) is 43.0 cm³/mol. The van der Waals surface area contributed by atoms with Gasteiger partial charge in [0.15, 0.2) is 0 Å². The second kappa shape index (κ2) is 5.72. The lowest BCUT2D eigenvalue weighted by Crippen LogP contribution is -2.05. The third-order valence-corrected chi connectivity index (χ3v) is 1.01. The van der Waals surface area contributed by atoms with Gasteiger partial charge in [0, 0.05) is 5.69 Å². The van der Waals surface area contributed by atoms with Crippen molar-refractivity contribution in [2.75, 3.05) is 5.43 Å². The van der Waals surface area contributed by atoms with Crippen molar-refractivity contribution in [2.45, 2.75) is 0 Å². The molecule has 1 rings (SSSR count). The van der Waals surface area contributed by atoms with E-state index in [-0.39, 0.29) is 5.82 Å². The van der Waals surface area contributed by atoms with Gasteiger partial charge in [0.25, 0.3) is 5.09 Å². The molecule has 0 amide bonds. The van der Waals surface area contributed by atoms with Gasteiger partial charge in [-0.3, -0.25) is 5.84 Å². The monoisotopic (exact) mass is 189 g/mol. The first-order valence-electron chi connectivity index (χ1n) is 3.11. The molecular formula is C6H8FN3O3. The fraction of sp³-hybridized carbons (Fsp3) is 0. The van der Waals surface area contributed by atoms with Crippen molar-refractivity contribution in [3.8, 4) is 0 Å². The first-order chi connectivity index (χ1) is 6.06. The van der Waals surface area contributed by atoms with E-state index in [1.807, 2.05) is 0 Å². The number of hydrogen-bond acceptors (Lipinski definition) is 4. The molecule has 4 N–H and O–H groups in total. The van der Waals surface area contributed by atoms with Gasteiger partial charge in [-0.2, -0.15) is 0 Å². The molecule has 0 bridgehead atoms. The van der Waals surface area contributed by atoms with Crippen LogP contribution in [0, 0.1) is 15.9 Å². The minimum Gasteiger partial charge on any atom is -0.328 e. The number of hydrogen-bond donors (Lipinski definition) is 3. The van der Waals surface area contributed by atoms with E-state index in [0.29, 0.717) is 5.69 Å². The average Bonchev–Trinajstić information content (AvgIpc) is 2.05. The summed E-state index contributed by atoms with van der Waals surface area (Å²) in [6, 6.07) is 5.81. The quantitative estimate of drug-likeness (QED) is 0.344. The van der Waals surface area contributed by atoms with Gasteiger partial charge in [-0.05, 0) is 24.3 Å². The Bertz CT molecular complexity index is 260. The molecular weight excluding hydrogens is 181 g/mol. The zero-order valence-electron chi connectivity index (χ0n) is 6.48. The van der Waals surface area contributed by atoms with E-state index in [0.717, 1.165) is 0 Å². The van der Waals surface area contributed by atoms with E-state index in [1.54, 1.807) is 12.1 Å². The fourth-order valence-electron chi connectivity index (χ4n) is 0.546. The SMILES string of the molecule is NNc1ccc(F)cc1.O=[N+]([O-])O. The van der Waals surface area contributed by atoms with Crippen molar-refractivity contribution < 1.29 is 14.7 Å². The molecule has 0 unspecified atom stereocenters. The fourth-order valence-corrected chi connectivity index (χ4v) is 0.546. The van der Waals surface area contributed by atoms with Crippen LogP contribution in [-0.2, 0) is 0 Å². The molecule has 0 aliphatic rings. The molecule has 72 valence electrons. The van der Waals surface area contributed by atoms with E-state index in [9.17, 15) is 4.39 Å². The summed E-state index contributed by atoms with van der Waals surface area (Å²) >= 11 is 0. The van der Waals surface area contributed by atoms with Crippen LogP contribution in [0.25, 0.3) is 0 Å². The van der Waals surface area contributed by atoms with Crippen LogP contribution >= 0.6 is 0 Å². The molecule has 7 heteroatoms. The Labute approximate surface area is 72.9 Å². The predicted octanol–water partition coefficient (Wildman–Crippen LogP) is 0.764. The van der Waals surface area contributed by atoms with Gasteiger partial charge in [-0.25, -0.2) is 4.39 Å². The number of rotatable bonds is 1. The van der Waals surface area contributed by atoms with E-state index in [2.05, 4.69) is 5.43 Å². The zero-order chi connectivity index (χ0) is 10.3. The largest absolute Gasteiger partial charge is 0.328 e. The topological polar surface area (TPSA) is 101 Å². The summed E-state index contributed by atoms with van der Waals surface area (Å²) in [5.74, 6) is 4.77. The standard InChI is InChI=1S/C6H7FN2.HNO3/c7-5-1-3-6(9-8)4-2-5;2-1(3)4/h1-4,9H,8H2;(H,2,3,4). The average molecular weight is 189 g/mol. The van der Waals surface area contributed by atoms with Crippen molar-refractivity contribution in [3.63, 3.8) is 0 Å². The number of halogens is 1. The minimum absolute atomic E-state index is 0.256. The van der Waals surface area contributed by atoms with E-state index >= 15 is 0 Å². The lowest BCUT2D eigenvalue weighted by atomic mass is 10.3. The highest BCUT2D eigenvalue weighted by molar-refractivity contribution is 5.41. The Morgan fingerprint density at radius 2 is 1.85 bits per heavy atom. The number of nitrogens with two attached hydrogens (primary N) is 1. The molecule has 0 aliphatic carbocycles. The third kappa shape index (κ3) is 6.51. The Morgan fingerprint density at radius 3 is 2.15 bits per heavy atom. The second-order valence-electron chi connectivity index (χ2n) is 1.89. The third-order valence-electron chi connectivity index (χ3n) is 1.01. The van der Waals surface area contributed by atoms with Gasteiger partial charge in [-0.15, -0.1) is 10.1 Å². The first-order valence-corrected chi connectivity index (χ1v) is 3.11. The zero-order valence-corrected chi connectivity index (χ0v) is 6.48. The highest BCUT2D eigenvalue weighted by Gasteiger charge is 1.87. The van der Waals surface area contributed by atoms with Gasteiger partial charge in [0.1, 0.15) is 5.82 Å². The van der Waals surface area contributed by atoms with Gasteiger partial charge >= 0.3 is 0 Å². The molecule has 0 aliphatic heterocycles. The Kier molecular flexibility index (Phi) is 4.89. The maximum Gasteiger partial charge on any atom is 0.291 e. The first kappa shape index (κ1) is 11.1. The molecule has 13 heavy (non-hydrogen) atoms. The summed E-state index contributed by atoms with van der Waals surface area (Å²) in [7, 11) is 0. The van der Waals surface area contributed by atoms with E-state index in [1.165, 1.54) is 12.1 Å². The lowest BCUT2D eigenvalue weighted by molar-refractivity contribution is -0.742. The highest BCUT2D eigenvalue weighted by Crippen LogP contribution is 2.05. The van der Waals surface area contributed by atoms with Crippen molar-refractivity contribution >= 4 is 5.69 Å². The van der Waals surface area contributed by atoms with Crippen molar-refractivity contribution in [1.29, 1.82) is 0 Å². The number of nitrogen functional groups attached to an aromatic ring is 1. The number of hydrazine groups is 1. The van der Waals surface area contributed by atoms with Crippen LogP contribution in [-0.4, -0.2) is 10.3 Å². The summed E-state index contributed by atoms with van der Waals surface area (Å²) in [6.07, 6.45) is 0. The number of benzene rings is 1. The summed E-state index contributed by atoms with van der Waals surface area (Å²) < 4.78 is 12.2. The second-order valence-corrected chi connectivity index (χ2v) is 1.89. The van der Waals surface area contributed by atoms with Gasteiger partial charge in [0.2, 0.25) is 0 Å². The van der Waals surface area contributed by atoms with Crippen molar-refractivity contribution in [3.05, 3.63) is 40.2 Å². The molecule has 0 saturated carbocycles. The molecule has 0 spiro atoms. The van der Waals surface area contributed by atoms with Crippen LogP contribution in [0.1, 0.15) is 0 Å². The smallest absolute Gasteiger partial charge is 0.291 e. The summed E-state index contributed by atoms with van der Waals surface area (Å²) in [4.78, 5) is 8.36. The number of anilines is 1. The normalized spacial score (nSPS) is 8.15. The van der Waals surface area contributed by atoms with Crippen molar-refractivity contribution in [1.82, 2.24) is 0 Å². The molecule has 0 atom stereocenters. The molecule has 6 nitrogen and oxygen atoms in total. The van der Waals surface area contributed by atoms with E-state index in [4.69, 9.17) is 21.2 Å². The number of nitrogens with zero attached hydrogens (tertiary/aromatic N) is 1. The summed E-state index contributed by atoms with van der Waals surface area (Å²) in [5, 5.41) is 13.6. The lowest BCUT2D eigenvalue weighted by Gasteiger charge is -1.95. The molecule has 0 saturated heterocycles. The van der Waals surface area contributed by atoms with Gasteiger partial charge in [0.05, 0.1) is 0 Å². The van der Waals surface area contributed by atoms with Crippen LogP contribution in [0.3, 0.4) is 0 Å². The van der Waals surface area contributed by atoms with Crippen molar-refractivity contribution in [2.24, 2.45) is 5.84 Å². The van der Waals surface area contributed by atoms with Crippen LogP contribution in [0.15, 0.2) is 24.3 Å². The van der Waals surface area contributed by atoms with Gasteiger partial charge < -0.3 is 10.6 Å². The van der Waals surface area contributed by atoms with Crippen LogP contribution in [0.5, 0.6) is 0 Å². The highest BCUT2D eigenvalue weighted by atomic mass is 19.1. The maximum atomic E-state index is 12.2. The number of nitrogens with one attached hydrogen (secondary N) is 1. The molecule has 1 aromatic carbocycles. The molecule has 0 fully saturated rings. The maximum absolute atomic E-state index is 12.2. The van der Waals surface area contributed by atoms with Crippen LogP contribution < -0.4 is 11.3 Å². The van der Waals surface area contributed by atoms with Crippen LogP contribution in [0.4, 0.5) is 10.1 Å². The summed E-state index contributed by atoms with van der Waals surface area (Å²) in [6.45, 7) is 0. The molecule has 0 radical (unpaired) electrons. The molecule has 0 heterocycles. The Hall–Kier alpha value is -1.89. The Morgan fingerprint density at radius 1 is 1.46 bits per heavy atom. The van der Waals surface area contributed by atoms with E-state index < -0.39 is 5.09 Å². The Balaban J connectivity index is 0.000000310. The minimum atomic E-state index is -1.50. The molecule has 1 aromatic rings. The van der Waals surface area contributed by atoms with Gasteiger partial charge in [-0.1, -0.05) is 0 Å². The van der Waals surface area contributed by atoms with Crippen LogP contribution in [0.2, 0.25) is 0 Å².